The molecule has 0 spiro atoms. The molecule has 1 fully saturated rings. The predicted octanol–water partition coefficient (Wildman–Crippen LogP) is 4.05. The van der Waals surface area contributed by atoms with Crippen molar-refractivity contribution in [1.82, 2.24) is 9.80 Å². The van der Waals surface area contributed by atoms with Gasteiger partial charge in [-0.1, -0.05) is 48.5 Å². The Bertz CT molecular complexity index is 1090. The van der Waals surface area contributed by atoms with Crippen molar-refractivity contribution in [3.63, 3.8) is 0 Å². The Kier molecular flexibility index (Phi) is 7.84. The van der Waals surface area contributed by atoms with Crippen molar-refractivity contribution in [2.75, 3.05) is 44.6 Å². The van der Waals surface area contributed by atoms with Crippen LogP contribution in [0.3, 0.4) is 0 Å². The number of aliphatic hydroxyl groups excluding tert-OH is 1. The summed E-state index contributed by atoms with van der Waals surface area (Å²) < 4.78 is 13.5. The topological polar surface area (TPSA) is 81.9 Å². The molecule has 1 saturated heterocycles. The van der Waals surface area contributed by atoms with E-state index in [1.54, 1.807) is 12.1 Å². The summed E-state index contributed by atoms with van der Waals surface area (Å²) in [4.78, 5) is 15.8. The lowest BCUT2D eigenvalue weighted by Gasteiger charge is -2.39. The fourth-order valence-corrected chi connectivity index (χ4v) is 4.50. The third kappa shape index (κ3) is 5.77. The normalized spacial score (nSPS) is 15.7. The highest BCUT2D eigenvalue weighted by Gasteiger charge is 2.27. The van der Waals surface area contributed by atoms with Crippen LogP contribution in [-0.2, 0) is 6.54 Å². The van der Waals surface area contributed by atoms with Gasteiger partial charge in [-0.2, -0.15) is 0 Å². The van der Waals surface area contributed by atoms with Gasteiger partial charge in [0.25, 0.3) is 5.69 Å². The molecule has 0 aromatic heterocycles. The number of halogens is 1. The van der Waals surface area contributed by atoms with Crippen molar-refractivity contribution in [1.29, 1.82) is 0 Å². The molecule has 0 radical (unpaired) electrons. The van der Waals surface area contributed by atoms with Crippen LogP contribution in [0.15, 0.2) is 72.8 Å². The highest BCUT2D eigenvalue weighted by atomic mass is 19.1. The first-order valence-corrected chi connectivity index (χ1v) is 11.4. The molecule has 178 valence electrons. The molecule has 0 aliphatic carbocycles. The number of nitrogens with one attached hydrogen (secondary N) is 1. The van der Waals surface area contributed by atoms with Gasteiger partial charge in [-0.15, -0.1) is 0 Å². The van der Waals surface area contributed by atoms with Crippen molar-refractivity contribution < 1.29 is 14.4 Å². The predicted molar refractivity (Wildman–Crippen MR) is 130 cm³/mol. The van der Waals surface area contributed by atoms with E-state index in [1.165, 1.54) is 17.7 Å². The van der Waals surface area contributed by atoms with Crippen LogP contribution in [0.5, 0.6) is 0 Å². The third-order valence-electron chi connectivity index (χ3n) is 6.17. The Morgan fingerprint density at radius 2 is 1.65 bits per heavy atom. The Morgan fingerprint density at radius 3 is 2.29 bits per heavy atom. The van der Waals surface area contributed by atoms with Crippen molar-refractivity contribution in [2.45, 2.75) is 12.6 Å². The van der Waals surface area contributed by atoms with Crippen LogP contribution in [0.1, 0.15) is 22.7 Å². The van der Waals surface area contributed by atoms with Crippen LogP contribution >= 0.6 is 0 Å². The lowest BCUT2D eigenvalue weighted by molar-refractivity contribution is -0.384. The second kappa shape index (κ2) is 11.2. The van der Waals surface area contributed by atoms with Crippen LogP contribution in [0.4, 0.5) is 15.8 Å². The number of nitro benzene ring substituents is 1. The fraction of sp³-hybridized carbons (Fsp3) is 0.308. The quantitative estimate of drug-likeness (QED) is 0.367. The van der Waals surface area contributed by atoms with Crippen molar-refractivity contribution in [2.24, 2.45) is 0 Å². The van der Waals surface area contributed by atoms with Gasteiger partial charge >= 0.3 is 0 Å². The summed E-state index contributed by atoms with van der Waals surface area (Å²) in [6.07, 6.45) is 0. The first kappa shape index (κ1) is 23.8. The van der Waals surface area contributed by atoms with E-state index in [2.05, 4.69) is 27.2 Å². The molecule has 8 heteroatoms. The SMILES string of the molecule is O=[N+]([O-])c1cc(CN2CCN(C(c3ccccc3)c3ccc(F)cc3)CC2)ccc1NCCO. The molecule has 1 atom stereocenters. The minimum atomic E-state index is -0.395. The highest BCUT2D eigenvalue weighted by molar-refractivity contribution is 5.62. The third-order valence-corrected chi connectivity index (χ3v) is 6.17. The smallest absolute Gasteiger partial charge is 0.292 e. The second-order valence-electron chi connectivity index (χ2n) is 8.44. The Balaban J connectivity index is 1.45. The zero-order valence-corrected chi connectivity index (χ0v) is 18.9. The number of piperazine rings is 1. The fourth-order valence-electron chi connectivity index (χ4n) is 4.50. The lowest BCUT2D eigenvalue weighted by Crippen LogP contribution is -2.47. The maximum atomic E-state index is 13.5. The average molecular weight is 465 g/mol. The largest absolute Gasteiger partial charge is 0.395 e. The van der Waals surface area contributed by atoms with Crippen LogP contribution in [0.2, 0.25) is 0 Å². The Hall–Kier alpha value is -3.33. The summed E-state index contributed by atoms with van der Waals surface area (Å²) in [6.45, 7) is 4.10. The van der Waals surface area contributed by atoms with Gasteiger partial charge < -0.3 is 10.4 Å². The molecule has 4 rings (SSSR count). The maximum Gasteiger partial charge on any atom is 0.292 e. The van der Waals surface area contributed by atoms with Crippen molar-refractivity contribution in [3.8, 4) is 0 Å². The molecule has 1 aliphatic rings. The molecule has 34 heavy (non-hydrogen) atoms. The molecular formula is C26H29FN4O3. The zero-order valence-electron chi connectivity index (χ0n) is 18.9. The van der Waals surface area contributed by atoms with E-state index in [-0.39, 0.29) is 30.7 Å². The van der Waals surface area contributed by atoms with Crippen LogP contribution in [0, 0.1) is 15.9 Å². The van der Waals surface area contributed by atoms with Crippen molar-refractivity contribution in [3.05, 3.63) is 105 Å². The van der Waals surface area contributed by atoms with Crippen LogP contribution in [-0.4, -0.2) is 59.2 Å². The molecule has 7 nitrogen and oxygen atoms in total. The second-order valence-corrected chi connectivity index (χ2v) is 8.44. The lowest BCUT2D eigenvalue weighted by atomic mass is 9.96. The van der Waals surface area contributed by atoms with Gasteiger partial charge in [-0.3, -0.25) is 19.9 Å². The molecule has 1 heterocycles. The number of nitro groups is 1. The molecule has 1 unspecified atom stereocenters. The van der Waals surface area contributed by atoms with Gasteiger partial charge in [-0.05, 0) is 34.9 Å². The minimum absolute atomic E-state index is 0.0186. The number of anilines is 1. The Labute approximate surface area is 198 Å². The number of benzene rings is 3. The van der Waals surface area contributed by atoms with Gasteiger partial charge in [0.05, 0.1) is 17.6 Å². The molecule has 3 aromatic rings. The molecule has 1 aliphatic heterocycles. The Morgan fingerprint density at radius 1 is 0.971 bits per heavy atom. The minimum Gasteiger partial charge on any atom is -0.395 e. The average Bonchev–Trinajstić information content (AvgIpc) is 2.86. The van der Waals surface area contributed by atoms with Crippen molar-refractivity contribution >= 4 is 11.4 Å². The van der Waals surface area contributed by atoms with Gasteiger partial charge in [-0.25, -0.2) is 4.39 Å². The van der Waals surface area contributed by atoms with Gasteiger partial charge in [0.1, 0.15) is 11.5 Å². The molecule has 2 N–H and O–H groups in total. The first-order valence-electron chi connectivity index (χ1n) is 11.4. The summed E-state index contributed by atoms with van der Waals surface area (Å²) in [5, 5.41) is 23.4. The van der Waals surface area contributed by atoms with E-state index in [0.29, 0.717) is 12.2 Å². The number of nitrogens with zero attached hydrogens (tertiary/aromatic N) is 3. The van der Waals surface area contributed by atoms with E-state index < -0.39 is 4.92 Å². The zero-order chi connectivity index (χ0) is 23.9. The standard InChI is InChI=1S/C26H29FN4O3/c27-23-9-7-22(8-10-23)26(21-4-2-1-3-5-21)30-15-13-29(14-16-30)19-20-6-11-24(28-12-17-32)25(18-20)31(33)34/h1-11,18,26,28,32H,12-17,19H2. The number of hydrogen-bond acceptors (Lipinski definition) is 6. The molecule has 0 bridgehead atoms. The van der Waals surface area contributed by atoms with E-state index in [0.717, 1.165) is 37.3 Å². The number of rotatable bonds is 9. The van der Waals surface area contributed by atoms with E-state index in [9.17, 15) is 14.5 Å². The first-order chi connectivity index (χ1) is 16.5. The summed E-state index contributed by atoms with van der Waals surface area (Å²) in [6, 6.07) is 22.2. The van der Waals surface area contributed by atoms with Crippen LogP contribution < -0.4 is 5.32 Å². The number of aliphatic hydroxyl groups is 1. The van der Waals surface area contributed by atoms with Gasteiger partial charge in [0.2, 0.25) is 0 Å². The molecular weight excluding hydrogens is 435 g/mol. The molecule has 0 saturated carbocycles. The van der Waals surface area contributed by atoms with Gasteiger partial charge in [0.15, 0.2) is 0 Å². The number of hydrogen-bond donors (Lipinski definition) is 2. The monoisotopic (exact) mass is 464 g/mol. The van der Waals surface area contributed by atoms with Gasteiger partial charge in [0, 0.05) is 45.3 Å². The van der Waals surface area contributed by atoms with E-state index >= 15 is 0 Å². The maximum absolute atomic E-state index is 13.5. The summed E-state index contributed by atoms with van der Waals surface area (Å²) >= 11 is 0. The molecule has 0 amide bonds. The molecule has 3 aromatic carbocycles. The summed E-state index contributed by atoms with van der Waals surface area (Å²) in [5.41, 5.74) is 3.54. The highest BCUT2D eigenvalue weighted by Crippen LogP contribution is 2.30. The van der Waals surface area contributed by atoms with Crippen LogP contribution in [0.25, 0.3) is 0 Å². The van der Waals surface area contributed by atoms with E-state index in [1.807, 2.05) is 36.4 Å². The summed E-state index contributed by atoms with van der Waals surface area (Å²) in [7, 11) is 0. The summed E-state index contributed by atoms with van der Waals surface area (Å²) in [5.74, 6) is -0.243. The van der Waals surface area contributed by atoms with E-state index in [4.69, 9.17) is 5.11 Å².